The maximum Gasteiger partial charge on any atom is 0.307 e. The molecule has 0 aromatic carbocycles. The summed E-state index contributed by atoms with van der Waals surface area (Å²) in [4.78, 5) is 11.8. The van der Waals surface area contributed by atoms with E-state index in [1.54, 1.807) is 0 Å². The molecule has 1 aliphatic heterocycles. The second-order valence-corrected chi connectivity index (χ2v) is 9.11. The summed E-state index contributed by atoms with van der Waals surface area (Å²) in [6.45, 7) is 8.66. The Morgan fingerprint density at radius 1 is 1.29 bits per heavy atom. The average molecular weight is 326 g/mol. The molecule has 3 saturated carbocycles. The monoisotopic (exact) mass is 326 g/mol. The Labute approximate surface area is 143 Å². The molecule has 1 heterocycles. The molecule has 1 N–H and O–H groups in total. The van der Waals surface area contributed by atoms with Crippen molar-refractivity contribution in [2.24, 2.45) is 28.6 Å². The standard InChI is InChI=1S/C21H26O3/c1-12-8-9-20(3)13(10-12)4-5-15-14-6-7-16(18(22)23)19(14,2)11-17-21(15,20)24-17/h8-10,14-17H,1,4-7,11H2,2-3H3,(H,22,23). The Hall–Kier alpha value is -1.35. The average Bonchev–Trinajstić information content (AvgIpc) is 3.12. The van der Waals surface area contributed by atoms with Crippen molar-refractivity contribution in [1.82, 2.24) is 0 Å². The summed E-state index contributed by atoms with van der Waals surface area (Å²) in [6, 6.07) is 0. The predicted octanol–water partition coefficient (Wildman–Crippen LogP) is 4.11. The van der Waals surface area contributed by atoms with Crippen molar-refractivity contribution in [3.63, 3.8) is 0 Å². The zero-order valence-corrected chi connectivity index (χ0v) is 14.5. The van der Waals surface area contributed by atoms with Gasteiger partial charge in [-0.3, -0.25) is 4.79 Å². The molecule has 0 aromatic heterocycles. The van der Waals surface area contributed by atoms with Crippen molar-refractivity contribution < 1.29 is 14.6 Å². The van der Waals surface area contributed by atoms with Gasteiger partial charge in [-0.1, -0.05) is 37.3 Å². The minimum absolute atomic E-state index is 0.0373. The van der Waals surface area contributed by atoms with Gasteiger partial charge in [0, 0.05) is 5.41 Å². The lowest BCUT2D eigenvalue weighted by molar-refractivity contribution is -0.147. The number of aliphatic carboxylic acids is 1. The smallest absolute Gasteiger partial charge is 0.307 e. The molecule has 24 heavy (non-hydrogen) atoms. The van der Waals surface area contributed by atoms with Crippen molar-refractivity contribution in [3.05, 3.63) is 36.0 Å². The van der Waals surface area contributed by atoms with Crippen LogP contribution in [0.3, 0.4) is 0 Å². The fraction of sp³-hybridized carbons (Fsp3) is 0.667. The van der Waals surface area contributed by atoms with Crippen LogP contribution in [0.1, 0.15) is 46.0 Å². The summed E-state index contributed by atoms with van der Waals surface area (Å²) in [6.07, 6.45) is 11.9. The molecule has 5 rings (SSSR count). The van der Waals surface area contributed by atoms with Crippen molar-refractivity contribution in [1.29, 1.82) is 0 Å². The van der Waals surface area contributed by atoms with E-state index in [1.165, 1.54) is 5.57 Å². The summed E-state index contributed by atoms with van der Waals surface area (Å²) < 4.78 is 6.49. The molecule has 7 unspecified atom stereocenters. The van der Waals surface area contributed by atoms with E-state index in [-0.39, 0.29) is 28.5 Å². The van der Waals surface area contributed by atoms with Crippen molar-refractivity contribution in [2.45, 2.75) is 57.7 Å². The topological polar surface area (TPSA) is 49.8 Å². The van der Waals surface area contributed by atoms with Crippen LogP contribution in [-0.4, -0.2) is 22.8 Å². The van der Waals surface area contributed by atoms with Crippen molar-refractivity contribution >= 4 is 5.97 Å². The number of hydrogen-bond donors (Lipinski definition) is 1. The third kappa shape index (κ3) is 1.47. The number of carboxylic acid groups (broad SMARTS) is 1. The molecule has 5 aliphatic rings. The number of carboxylic acids is 1. The second kappa shape index (κ2) is 4.24. The number of fused-ring (bicyclic) bond motifs is 3. The lowest BCUT2D eigenvalue weighted by Gasteiger charge is -2.54. The number of rotatable bonds is 1. The number of allylic oxidation sites excluding steroid dienone is 3. The molecule has 0 aromatic rings. The summed E-state index contributed by atoms with van der Waals surface area (Å²) in [5.74, 6) is 0.166. The number of ether oxygens (including phenoxy) is 1. The molecule has 3 heteroatoms. The third-order valence-electron chi connectivity index (χ3n) is 8.32. The van der Waals surface area contributed by atoms with Gasteiger partial charge < -0.3 is 9.84 Å². The van der Waals surface area contributed by atoms with Gasteiger partial charge in [0.15, 0.2) is 0 Å². The molecule has 128 valence electrons. The van der Waals surface area contributed by atoms with Crippen molar-refractivity contribution in [3.8, 4) is 0 Å². The molecular formula is C21H26O3. The Balaban J connectivity index is 1.58. The normalized spacial score (nSPS) is 54.2. The van der Waals surface area contributed by atoms with Crippen molar-refractivity contribution in [2.75, 3.05) is 0 Å². The van der Waals surface area contributed by atoms with E-state index in [4.69, 9.17) is 4.74 Å². The third-order valence-corrected chi connectivity index (χ3v) is 8.32. The van der Waals surface area contributed by atoms with E-state index in [9.17, 15) is 9.90 Å². The Morgan fingerprint density at radius 2 is 2.08 bits per heavy atom. The van der Waals surface area contributed by atoms with Gasteiger partial charge in [-0.2, -0.15) is 0 Å². The van der Waals surface area contributed by atoms with Gasteiger partial charge in [0.2, 0.25) is 0 Å². The zero-order chi connectivity index (χ0) is 16.9. The van der Waals surface area contributed by atoms with Gasteiger partial charge in [-0.05, 0) is 61.9 Å². The van der Waals surface area contributed by atoms with Gasteiger partial charge in [0.05, 0.1) is 12.0 Å². The highest BCUT2D eigenvalue weighted by molar-refractivity contribution is 5.72. The quantitative estimate of drug-likeness (QED) is 0.738. The first-order valence-electron chi connectivity index (χ1n) is 9.33. The molecule has 0 bridgehead atoms. The van der Waals surface area contributed by atoms with Crippen LogP contribution in [0.5, 0.6) is 0 Å². The van der Waals surface area contributed by atoms with Crippen LogP contribution >= 0.6 is 0 Å². The molecule has 0 amide bonds. The van der Waals surface area contributed by atoms with E-state index in [0.29, 0.717) is 11.8 Å². The van der Waals surface area contributed by atoms with Gasteiger partial charge in [-0.25, -0.2) is 0 Å². The molecule has 0 radical (unpaired) electrons. The molecule has 4 fully saturated rings. The van der Waals surface area contributed by atoms with E-state index < -0.39 is 5.97 Å². The van der Waals surface area contributed by atoms with Gasteiger partial charge >= 0.3 is 5.97 Å². The van der Waals surface area contributed by atoms with Gasteiger partial charge in [0.25, 0.3) is 0 Å². The summed E-state index contributed by atoms with van der Waals surface area (Å²) in [5, 5.41) is 9.71. The van der Waals surface area contributed by atoms with Crippen LogP contribution in [0.25, 0.3) is 0 Å². The largest absolute Gasteiger partial charge is 0.481 e. The Morgan fingerprint density at radius 3 is 2.83 bits per heavy atom. The molecule has 1 saturated heterocycles. The highest BCUT2D eigenvalue weighted by atomic mass is 16.6. The van der Waals surface area contributed by atoms with Crippen LogP contribution < -0.4 is 0 Å². The molecule has 7 atom stereocenters. The maximum atomic E-state index is 11.8. The molecule has 1 spiro atoms. The minimum atomic E-state index is -0.607. The highest BCUT2D eigenvalue weighted by Crippen LogP contribution is 2.75. The zero-order valence-electron chi connectivity index (χ0n) is 14.5. The lowest BCUT2D eigenvalue weighted by atomic mass is 9.47. The van der Waals surface area contributed by atoms with Crippen LogP contribution in [-0.2, 0) is 9.53 Å². The van der Waals surface area contributed by atoms with E-state index in [1.807, 2.05) is 0 Å². The van der Waals surface area contributed by atoms with Crippen LogP contribution in [0.4, 0.5) is 0 Å². The van der Waals surface area contributed by atoms with Crippen LogP contribution in [0, 0.1) is 28.6 Å². The van der Waals surface area contributed by atoms with E-state index in [0.717, 1.165) is 37.7 Å². The fourth-order valence-corrected chi connectivity index (χ4v) is 7.13. The summed E-state index contributed by atoms with van der Waals surface area (Å²) in [7, 11) is 0. The second-order valence-electron chi connectivity index (χ2n) is 9.11. The first-order chi connectivity index (χ1) is 11.3. The predicted molar refractivity (Wildman–Crippen MR) is 91.4 cm³/mol. The van der Waals surface area contributed by atoms with Gasteiger partial charge in [0.1, 0.15) is 5.60 Å². The first kappa shape index (κ1) is 14.9. The summed E-state index contributed by atoms with van der Waals surface area (Å²) in [5.41, 5.74) is 2.32. The molecular weight excluding hydrogens is 300 g/mol. The number of epoxide rings is 1. The van der Waals surface area contributed by atoms with Crippen LogP contribution in [0.2, 0.25) is 0 Å². The fourth-order valence-electron chi connectivity index (χ4n) is 7.13. The maximum absolute atomic E-state index is 11.8. The Kier molecular flexibility index (Phi) is 2.64. The van der Waals surface area contributed by atoms with Gasteiger partial charge in [-0.15, -0.1) is 0 Å². The van der Waals surface area contributed by atoms with E-state index >= 15 is 0 Å². The van der Waals surface area contributed by atoms with Crippen LogP contribution in [0.15, 0.2) is 36.0 Å². The number of carbonyl (C=O) groups is 1. The minimum Gasteiger partial charge on any atom is -0.481 e. The SMILES string of the molecule is C=C1C=CC2(C)C(=C1)CCC1C3CCC(C(=O)O)C3(C)CC3OC312. The Bertz CT molecular complexity index is 719. The highest BCUT2D eigenvalue weighted by Gasteiger charge is 2.79. The lowest BCUT2D eigenvalue weighted by Crippen LogP contribution is -2.56. The summed E-state index contributed by atoms with van der Waals surface area (Å²) >= 11 is 0. The molecule has 4 aliphatic carbocycles. The number of hydrogen-bond acceptors (Lipinski definition) is 2. The first-order valence-corrected chi connectivity index (χ1v) is 9.33. The molecule has 3 nitrogen and oxygen atoms in total. The van der Waals surface area contributed by atoms with E-state index in [2.05, 4.69) is 38.7 Å².